The summed E-state index contributed by atoms with van der Waals surface area (Å²) in [5.41, 5.74) is 1.04. The summed E-state index contributed by atoms with van der Waals surface area (Å²) in [5, 5.41) is 9.35. The maximum atomic E-state index is 6.05. The van der Waals surface area contributed by atoms with Crippen LogP contribution in [-0.2, 0) is 11.3 Å². The van der Waals surface area contributed by atoms with Crippen molar-refractivity contribution in [3.63, 3.8) is 0 Å². The molecule has 0 amide bonds. The minimum absolute atomic E-state index is 0. The van der Waals surface area contributed by atoms with E-state index in [1.165, 1.54) is 4.88 Å². The number of methoxy groups -OCH3 is 1. The molecule has 1 aromatic carbocycles. The highest BCUT2D eigenvalue weighted by molar-refractivity contribution is 14.0. The number of hydrogen-bond donors (Lipinski definition) is 2. The minimum atomic E-state index is -0.0840. The van der Waals surface area contributed by atoms with Crippen molar-refractivity contribution in [2.24, 2.45) is 4.99 Å². The molecule has 1 unspecified atom stereocenters. The molecule has 0 bridgehead atoms. The van der Waals surface area contributed by atoms with E-state index in [0.29, 0.717) is 18.1 Å². The van der Waals surface area contributed by atoms with Crippen molar-refractivity contribution in [3.8, 4) is 0 Å². The number of aliphatic imine (C=N–C) groups is 1. The quantitative estimate of drug-likeness (QED) is 0.350. The first kappa shape index (κ1) is 21.2. The first-order valence-corrected chi connectivity index (χ1v) is 8.81. The van der Waals surface area contributed by atoms with Crippen LogP contribution in [0.2, 0.25) is 5.02 Å². The number of guanidine groups is 1. The Morgan fingerprint density at radius 1 is 1.29 bits per heavy atom. The zero-order valence-electron chi connectivity index (χ0n) is 13.8. The Kier molecular flexibility index (Phi) is 10.3. The van der Waals surface area contributed by atoms with Crippen LogP contribution in [0.25, 0.3) is 0 Å². The van der Waals surface area contributed by atoms with E-state index < -0.39 is 0 Å². The number of hydrogen-bond acceptors (Lipinski definition) is 3. The molecule has 0 fully saturated rings. The summed E-state index contributed by atoms with van der Waals surface area (Å²) in [4.78, 5) is 5.83. The van der Waals surface area contributed by atoms with Crippen molar-refractivity contribution in [1.82, 2.24) is 10.6 Å². The summed E-state index contributed by atoms with van der Waals surface area (Å²) in [5.74, 6) is 0.782. The lowest BCUT2D eigenvalue weighted by Crippen LogP contribution is -2.39. The molecule has 1 aromatic heterocycles. The van der Waals surface area contributed by atoms with Crippen molar-refractivity contribution in [1.29, 1.82) is 0 Å². The van der Waals surface area contributed by atoms with E-state index in [2.05, 4.69) is 27.1 Å². The first-order chi connectivity index (χ1) is 11.2. The molecule has 24 heavy (non-hydrogen) atoms. The molecular formula is C17H23ClIN3OS. The smallest absolute Gasteiger partial charge is 0.191 e. The fourth-order valence-corrected chi connectivity index (χ4v) is 2.96. The number of rotatable bonds is 7. The lowest BCUT2D eigenvalue weighted by Gasteiger charge is -2.19. The zero-order valence-corrected chi connectivity index (χ0v) is 17.7. The Balaban J connectivity index is 0.00000288. The van der Waals surface area contributed by atoms with E-state index in [1.54, 1.807) is 18.4 Å². The van der Waals surface area contributed by atoms with Gasteiger partial charge >= 0.3 is 0 Å². The van der Waals surface area contributed by atoms with Gasteiger partial charge < -0.3 is 15.4 Å². The Morgan fingerprint density at radius 3 is 2.75 bits per heavy atom. The fourth-order valence-electron chi connectivity index (χ4n) is 2.13. The van der Waals surface area contributed by atoms with Gasteiger partial charge in [0.05, 0.1) is 12.6 Å². The molecule has 0 aliphatic carbocycles. The molecule has 132 valence electrons. The molecule has 0 saturated heterocycles. The Bertz CT molecular complexity index is 622. The van der Waals surface area contributed by atoms with Crippen LogP contribution in [0, 0.1) is 0 Å². The largest absolute Gasteiger partial charge is 0.375 e. The number of ether oxygens (including phenoxy) is 1. The van der Waals surface area contributed by atoms with E-state index >= 15 is 0 Å². The predicted molar refractivity (Wildman–Crippen MR) is 114 cm³/mol. The molecule has 2 rings (SSSR count). The van der Waals surface area contributed by atoms with Crippen LogP contribution in [0.1, 0.15) is 23.5 Å². The van der Waals surface area contributed by atoms with E-state index in [-0.39, 0.29) is 30.1 Å². The molecule has 4 nitrogen and oxygen atoms in total. The van der Waals surface area contributed by atoms with Crippen LogP contribution in [0.3, 0.4) is 0 Å². The third-order valence-electron chi connectivity index (χ3n) is 3.28. The highest BCUT2D eigenvalue weighted by Crippen LogP contribution is 2.19. The third-order valence-corrected chi connectivity index (χ3v) is 4.37. The van der Waals surface area contributed by atoms with Gasteiger partial charge in [0.1, 0.15) is 0 Å². The van der Waals surface area contributed by atoms with Crippen LogP contribution >= 0.6 is 46.9 Å². The van der Waals surface area contributed by atoms with Gasteiger partial charge in [0.2, 0.25) is 0 Å². The van der Waals surface area contributed by atoms with Gasteiger partial charge in [-0.25, -0.2) is 4.99 Å². The summed E-state index contributed by atoms with van der Waals surface area (Å²) in [6.07, 6.45) is -0.0840. The summed E-state index contributed by atoms with van der Waals surface area (Å²) in [6, 6.07) is 11.8. The molecule has 7 heteroatoms. The highest BCUT2D eigenvalue weighted by atomic mass is 127. The molecular weight excluding hydrogens is 457 g/mol. The van der Waals surface area contributed by atoms with Crippen molar-refractivity contribution >= 4 is 52.9 Å². The van der Waals surface area contributed by atoms with Gasteiger partial charge in [-0.15, -0.1) is 35.3 Å². The van der Waals surface area contributed by atoms with Crippen LogP contribution < -0.4 is 10.6 Å². The molecule has 1 heterocycles. The second-order valence-electron chi connectivity index (χ2n) is 4.93. The number of thiophene rings is 1. The topological polar surface area (TPSA) is 45.7 Å². The molecule has 0 aliphatic heterocycles. The van der Waals surface area contributed by atoms with Crippen molar-refractivity contribution < 1.29 is 4.74 Å². The number of halogens is 2. The minimum Gasteiger partial charge on any atom is -0.375 e. The van der Waals surface area contributed by atoms with Gasteiger partial charge in [0.25, 0.3) is 0 Å². The molecule has 0 radical (unpaired) electrons. The van der Waals surface area contributed by atoms with Gasteiger partial charge in [-0.3, -0.25) is 0 Å². The van der Waals surface area contributed by atoms with Crippen LogP contribution in [0.5, 0.6) is 0 Å². The van der Waals surface area contributed by atoms with E-state index in [9.17, 15) is 0 Å². The molecule has 2 aromatic rings. The van der Waals surface area contributed by atoms with Crippen molar-refractivity contribution in [3.05, 3.63) is 57.2 Å². The Hall–Kier alpha value is -0.830. The predicted octanol–water partition coefficient (Wildman–Crippen LogP) is 4.46. The maximum Gasteiger partial charge on any atom is 0.191 e. The summed E-state index contributed by atoms with van der Waals surface area (Å²) >= 11 is 7.76. The van der Waals surface area contributed by atoms with Gasteiger partial charge in [0, 0.05) is 30.1 Å². The Labute approximate surface area is 169 Å². The molecule has 1 atom stereocenters. The van der Waals surface area contributed by atoms with Crippen molar-refractivity contribution in [2.75, 3.05) is 20.2 Å². The second-order valence-corrected chi connectivity index (χ2v) is 6.40. The fraction of sp³-hybridized carbons (Fsp3) is 0.353. The average molecular weight is 480 g/mol. The van der Waals surface area contributed by atoms with Crippen LogP contribution in [0.4, 0.5) is 0 Å². The van der Waals surface area contributed by atoms with Crippen LogP contribution in [-0.4, -0.2) is 26.2 Å². The first-order valence-electron chi connectivity index (χ1n) is 7.55. The second kappa shape index (κ2) is 11.7. The van der Waals surface area contributed by atoms with E-state index in [0.717, 1.165) is 18.1 Å². The Morgan fingerprint density at radius 2 is 2.12 bits per heavy atom. The highest BCUT2D eigenvalue weighted by Gasteiger charge is 2.11. The molecule has 0 spiro atoms. The summed E-state index contributed by atoms with van der Waals surface area (Å²) in [6.45, 7) is 4.15. The third kappa shape index (κ3) is 6.96. The number of benzene rings is 1. The maximum absolute atomic E-state index is 6.05. The standard InChI is InChI=1S/C17H22ClN3OS.HI/c1-3-19-17(20-11-15-8-5-9-23-15)21-12-16(22-2)13-6-4-7-14(18)10-13;/h4-10,16H,3,11-12H2,1-2H3,(H2,19,20,21);1H. The zero-order chi connectivity index (χ0) is 16.5. The molecule has 2 N–H and O–H groups in total. The SMILES string of the molecule is CCNC(=NCc1cccs1)NCC(OC)c1cccc(Cl)c1.I. The van der Waals surface area contributed by atoms with E-state index in [1.807, 2.05) is 37.3 Å². The van der Waals surface area contributed by atoms with Gasteiger partial charge in [-0.2, -0.15) is 0 Å². The lowest BCUT2D eigenvalue weighted by atomic mass is 10.1. The van der Waals surface area contributed by atoms with Crippen molar-refractivity contribution in [2.45, 2.75) is 19.6 Å². The molecule has 0 aliphatic rings. The average Bonchev–Trinajstić information content (AvgIpc) is 3.06. The monoisotopic (exact) mass is 479 g/mol. The number of nitrogens with one attached hydrogen (secondary N) is 2. The van der Waals surface area contributed by atoms with Gasteiger partial charge in [-0.1, -0.05) is 29.8 Å². The van der Waals surface area contributed by atoms with Gasteiger partial charge in [0.15, 0.2) is 5.96 Å². The summed E-state index contributed by atoms with van der Waals surface area (Å²) in [7, 11) is 1.70. The normalized spacial score (nSPS) is 12.4. The van der Waals surface area contributed by atoms with Crippen LogP contribution in [0.15, 0.2) is 46.8 Å². The van der Waals surface area contributed by atoms with Gasteiger partial charge in [-0.05, 0) is 36.1 Å². The molecule has 0 saturated carbocycles. The lowest BCUT2D eigenvalue weighted by molar-refractivity contribution is 0.106. The number of nitrogens with zero attached hydrogens (tertiary/aromatic N) is 1. The van der Waals surface area contributed by atoms with E-state index in [4.69, 9.17) is 16.3 Å². The summed E-state index contributed by atoms with van der Waals surface area (Å²) < 4.78 is 5.57.